The molecule has 124 valence electrons. The quantitative estimate of drug-likeness (QED) is 0.636. The number of likely N-dealkylation sites (tertiary alicyclic amines) is 2. The molecule has 1 spiro atoms. The van der Waals surface area contributed by atoms with Crippen LogP contribution >= 0.6 is 0 Å². The van der Waals surface area contributed by atoms with Gasteiger partial charge in [-0.25, -0.2) is 9.98 Å². The molecule has 6 heteroatoms. The zero-order valence-electron chi connectivity index (χ0n) is 13.8. The smallest absolute Gasteiger partial charge is 0.222 e. The molecule has 1 atom stereocenters. The molecule has 3 aliphatic heterocycles. The summed E-state index contributed by atoms with van der Waals surface area (Å²) < 4.78 is 0. The molecular weight excluding hydrogens is 290 g/mol. The number of amidine groups is 1. The Hall–Kier alpha value is -2.11. The van der Waals surface area contributed by atoms with Crippen molar-refractivity contribution in [1.82, 2.24) is 15.1 Å². The number of nitrogens with zero attached hydrogens (tertiary/aromatic N) is 4. The van der Waals surface area contributed by atoms with Crippen LogP contribution in [-0.2, 0) is 4.79 Å². The Bertz CT molecular complexity index is 580. The summed E-state index contributed by atoms with van der Waals surface area (Å²) in [6.07, 6.45) is 10.0. The Balaban J connectivity index is 1.57. The third kappa shape index (κ3) is 3.16. The molecule has 0 bridgehead atoms. The van der Waals surface area contributed by atoms with Crippen molar-refractivity contribution >= 4 is 18.1 Å². The lowest BCUT2D eigenvalue weighted by atomic mass is 9.95. The summed E-state index contributed by atoms with van der Waals surface area (Å²) in [5, 5.41) is 3.08. The third-order valence-corrected chi connectivity index (χ3v) is 4.99. The Morgan fingerprint density at radius 1 is 1.52 bits per heavy atom. The van der Waals surface area contributed by atoms with E-state index in [9.17, 15) is 4.79 Å². The minimum atomic E-state index is -0.00155. The van der Waals surface area contributed by atoms with Crippen LogP contribution in [0.25, 0.3) is 0 Å². The van der Waals surface area contributed by atoms with Gasteiger partial charge in [-0.05, 0) is 19.3 Å². The van der Waals surface area contributed by atoms with E-state index in [1.807, 2.05) is 13.0 Å². The number of hydrogen-bond acceptors (Lipinski definition) is 4. The Labute approximate surface area is 137 Å². The normalized spacial score (nSPS) is 26.6. The van der Waals surface area contributed by atoms with E-state index in [1.54, 1.807) is 12.5 Å². The topological polar surface area (TPSA) is 60.3 Å². The highest BCUT2D eigenvalue weighted by Crippen LogP contribution is 2.39. The molecule has 1 N–H and O–H groups in total. The van der Waals surface area contributed by atoms with Gasteiger partial charge in [0.1, 0.15) is 11.7 Å². The van der Waals surface area contributed by atoms with E-state index in [0.717, 1.165) is 57.0 Å². The van der Waals surface area contributed by atoms with Crippen molar-refractivity contribution < 1.29 is 4.79 Å². The van der Waals surface area contributed by atoms with Gasteiger partial charge < -0.3 is 15.1 Å². The molecule has 3 heterocycles. The summed E-state index contributed by atoms with van der Waals surface area (Å²) in [6, 6.07) is 0. The molecule has 3 rings (SSSR count). The van der Waals surface area contributed by atoms with E-state index in [-0.39, 0.29) is 11.4 Å². The van der Waals surface area contributed by atoms with Gasteiger partial charge in [-0.3, -0.25) is 4.79 Å². The molecule has 23 heavy (non-hydrogen) atoms. The number of carbonyl (C=O) groups is 1. The maximum Gasteiger partial charge on any atom is 0.222 e. The number of nitrogens with one attached hydrogen (secondary N) is 1. The van der Waals surface area contributed by atoms with Crippen molar-refractivity contribution in [1.29, 1.82) is 0 Å². The standard InChI is InChI=1S/C17H25N5O/c1-3-16(23)22-10-5-7-17(22)8-11-21(12-17)14(2)19-13-20-15-6-4-9-18-15/h4,9,13H,2-3,5-8,10-12H2,1H3,(H,18,19,20). The fourth-order valence-electron chi connectivity index (χ4n) is 3.74. The fourth-order valence-corrected chi connectivity index (χ4v) is 3.74. The second-order valence-corrected chi connectivity index (χ2v) is 6.38. The van der Waals surface area contributed by atoms with E-state index in [1.165, 1.54) is 0 Å². The van der Waals surface area contributed by atoms with Crippen LogP contribution in [0, 0.1) is 0 Å². The van der Waals surface area contributed by atoms with Crippen molar-refractivity contribution in [3.8, 4) is 0 Å². The third-order valence-electron chi connectivity index (χ3n) is 4.99. The van der Waals surface area contributed by atoms with Gasteiger partial charge in [0.25, 0.3) is 0 Å². The maximum absolute atomic E-state index is 12.2. The first-order chi connectivity index (χ1) is 11.1. The van der Waals surface area contributed by atoms with Crippen LogP contribution in [0.4, 0.5) is 0 Å². The average molecular weight is 315 g/mol. The molecule has 0 saturated carbocycles. The van der Waals surface area contributed by atoms with Crippen LogP contribution in [0.2, 0.25) is 0 Å². The van der Waals surface area contributed by atoms with E-state index in [0.29, 0.717) is 6.42 Å². The van der Waals surface area contributed by atoms with Gasteiger partial charge >= 0.3 is 0 Å². The minimum absolute atomic E-state index is 0.00155. The molecule has 0 aromatic rings. The molecule has 1 amide bonds. The van der Waals surface area contributed by atoms with E-state index in [2.05, 4.69) is 31.7 Å². The number of hydrogen-bond donors (Lipinski definition) is 1. The molecule has 6 nitrogen and oxygen atoms in total. The first-order valence-electron chi connectivity index (χ1n) is 8.40. The SMILES string of the molecule is C=C(N=CNC1=NC=CC1)N1CCC2(CCCN2C(=O)CC)C1. The van der Waals surface area contributed by atoms with E-state index >= 15 is 0 Å². The highest BCUT2D eigenvalue weighted by Gasteiger charge is 2.47. The van der Waals surface area contributed by atoms with Gasteiger partial charge in [-0.2, -0.15) is 0 Å². The monoisotopic (exact) mass is 315 g/mol. The Morgan fingerprint density at radius 3 is 3.13 bits per heavy atom. The first-order valence-corrected chi connectivity index (χ1v) is 8.40. The average Bonchev–Trinajstić information content (AvgIpc) is 3.29. The fraction of sp³-hybridized carbons (Fsp3) is 0.588. The molecule has 2 saturated heterocycles. The molecule has 2 fully saturated rings. The van der Waals surface area contributed by atoms with Gasteiger partial charge in [0.05, 0.1) is 11.9 Å². The van der Waals surface area contributed by atoms with Crippen LogP contribution < -0.4 is 5.32 Å². The minimum Gasteiger partial charge on any atom is -0.355 e. The van der Waals surface area contributed by atoms with Gasteiger partial charge in [0, 0.05) is 38.7 Å². The second kappa shape index (κ2) is 6.56. The van der Waals surface area contributed by atoms with Crippen LogP contribution in [0.5, 0.6) is 0 Å². The molecule has 0 radical (unpaired) electrons. The molecule has 0 aromatic carbocycles. The lowest BCUT2D eigenvalue weighted by Gasteiger charge is -2.35. The largest absolute Gasteiger partial charge is 0.355 e. The molecular formula is C17H25N5O. The number of aliphatic imine (C=N–C) groups is 2. The summed E-state index contributed by atoms with van der Waals surface area (Å²) in [5.74, 6) is 1.92. The summed E-state index contributed by atoms with van der Waals surface area (Å²) in [7, 11) is 0. The van der Waals surface area contributed by atoms with E-state index in [4.69, 9.17) is 0 Å². The number of amides is 1. The first kappa shape index (κ1) is 15.8. The van der Waals surface area contributed by atoms with Crippen LogP contribution in [0.15, 0.2) is 34.7 Å². The van der Waals surface area contributed by atoms with Gasteiger partial charge in [-0.1, -0.05) is 19.6 Å². The summed E-state index contributed by atoms with van der Waals surface area (Å²) in [4.78, 5) is 25.1. The van der Waals surface area contributed by atoms with Crippen molar-refractivity contribution in [2.75, 3.05) is 19.6 Å². The second-order valence-electron chi connectivity index (χ2n) is 6.38. The van der Waals surface area contributed by atoms with Crippen molar-refractivity contribution in [3.63, 3.8) is 0 Å². The summed E-state index contributed by atoms with van der Waals surface area (Å²) >= 11 is 0. The number of rotatable bonds is 4. The molecule has 1 unspecified atom stereocenters. The summed E-state index contributed by atoms with van der Waals surface area (Å²) in [6.45, 7) is 8.66. The zero-order valence-corrected chi connectivity index (χ0v) is 13.8. The predicted molar refractivity (Wildman–Crippen MR) is 92.1 cm³/mol. The van der Waals surface area contributed by atoms with E-state index < -0.39 is 0 Å². The molecule has 0 aliphatic carbocycles. The maximum atomic E-state index is 12.2. The summed E-state index contributed by atoms with van der Waals surface area (Å²) in [5.41, 5.74) is -0.00155. The number of carbonyl (C=O) groups excluding carboxylic acids is 1. The van der Waals surface area contributed by atoms with Crippen LogP contribution in [-0.4, -0.2) is 53.1 Å². The van der Waals surface area contributed by atoms with Crippen molar-refractivity contribution in [3.05, 3.63) is 24.7 Å². The zero-order chi connectivity index (χ0) is 16.3. The van der Waals surface area contributed by atoms with Crippen LogP contribution in [0.1, 0.15) is 39.0 Å². The lowest BCUT2D eigenvalue weighted by molar-refractivity contribution is -0.134. The van der Waals surface area contributed by atoms with Gasteiger partial charge in [0.15, 0.2) is 0 Å². The predicted octanol–water partition coefficient (Wildman–Crippen LogP) is 1.87. The Morgan fingerprint density at radius 2 is 2.39 bits per heavy atom. The van der Waals surface area contributed by atoms with Crippen molar-refractivity contribution in [2.45, 2.75) is 44.6 Å². The van der Waals surface area contributed by atoms with Crippen LogP contribution in [0.3, 0.4) is 0 Å². The highest BCUT2D eigenvalue weighted by atomic mass is 16.2. The Kier molecular flexibility index (Phi) is 4.50. The molecule has 3 aliphatic rings. The van der Waals surface area contributed by atoms with Gasteiger partial charge in [-0.15, -0.1) is 0 Å². The van der Waals surface area contributed by atoms with Gasteiger partial charge in [0.2, 0.25) is 5.91 Å². The van der Waals surface area contributed by atoms with Crippen molar-refractivity contribution in [2.24, 2.45) is 9.98 Å². The lowest BCUT2D eigenvalue weighted by Crippen LogP contribution is -2.48. The highest BCUT2D eigenvalue weighted by molar-refractivity contribution is 5.94. The molecule has 0 aromatic heterocycles.